The molecule has 3 aliphatic rings. The number of nitrogens with zero attached hydrogens (tertiary/aromatic N) is 4. The molecule has 3 saturated heterocycles. The highest BCUT2D eigenvalue weighted by molar-refractivity contribution is 7.08. The van der Waals surface area contributed by atoms with E-state index in [1.54, 1.807) is 11.3 Å². The van der Waals surface area contributed by atoms with Crippen molar-refractivity contribution in [2.24, 2.45) is 0 Å². The molecule has 2 aromatic rings. The quantitative estimate of drug-likeness (QED) is 0.755. The van der Waals surface area contributed by atoms with E-state index in [1.165, 1.54) is 0 Å². The third-order valence-electron chi connectivity index (χ3n) is 7.00. The summed E-state index contributed by atoms with van der Waals surface area (Å²) < 4.78 is 6.35. The van der Waals surface area contributed by atoms with Gasteiger partial charge in [0.15, 0.2) is 0 Å². The predicted molar refractivity (Wildman–Crippen MR) is 119 cm³/mol. The zero-order valence-corrected chi connectivity index (χ0v) is 18.2. The van der Waals surface area contributed by atoms with Gasteiger partial charge in [-0.1, -0.05) is 6.07 Å². The molecule has 5 heterocycles. The van der Waals surface area contributed by atoms with Crippen LogP contribution in [0.2, 0.25) is 0 Å². The van der Waals surface area contributed by atoms with Crippen molar-refractivity contribution in [2.45, 2.75) is 37.3 Å². The number of amides is 1. The number of piperazine rings is 1. The summed E-state index contributed by atoms with van der Waals surface area (Å²) >= 11 is 1.58. The van der Waals surface area contributed by atoms with Crippen LogP contribution >= 0.6 is 11.3 Å². The number of piperidine rings is 1. The minimum atomic E-state index is -0.0491. The van der Waals surface area contributed by atoms with Crippen LogP contribution in [-0.4, -0.2) is 78.2 Å². The van der Waals surface area contributed by atoms with Gasteiger partial charge in [-0.15, -0.1) is 0 Å². The monoisotopic (exact) mass is 426 g/mol. The van der Waals surface area contributed by atoms with E-state index in [4.69, 9.17) is 4.74 Å². The molecule has 0 radical (unpaired) electrons. The standard InChI is InChI=1S/C23H30N4O2S/c28-22(19-5-16-30-18-19)27-9-6-23(7-10-27)17-20(4-15-29-23)25-11-13-26(14-12-25)21-3-1-2-8-24-21/h1-3,5,8,16,18,20H,4,6-7,9-15,17H2. The molecule has 0 bridgehead atoms. The van der Waals surface area contributed by atoms with Crippen LogP contribution in [0.5, 0.6) is 0 Å². The Morgan fingerprint density at radius 3 is 2.63 bits per heavy atom. The number of aromatic nitrogens is 1. The van der Waals surface area contributed by atoms with Crippen molar-refractivity contribution in [2.75, 3.05) is 50.8 Å². The van der Waals surface area contributed by atoms with Gasteiger partial charge in [0.05, 0.1) is 11.2 Å². The molecule has 7 heteroatoms. The highest BCUT2D eigenvalue weighted by Crippen LogP contribution is 2.37. The Balaban J connectivity index is 1.15. The van der Waals surface area contributed by atoms with E-state index in [-0.39, 0.29) is 11.5 Å². The maximum absolute atomic E-state index is 12.7. The molecule has 1 atom stereocenters. The molecule has 6 nitrogen and oxygen atoms in total. The number of carbonyl (C=O) groups is 1. The number of hydrogen-bond donors (Lipinski definition) is 0. The van der Waals surface area contributed by atoms with Gasteiger partial charge in [-0.25, -0.2) is 4.98 Å². The topological polar surface area (TPSA) is 48.9 Å². The smallest absolute Gasteiger partial charge is 0.254 e. The zero-order valence-electron chi connectivity index (χ0n) is 17.4. The lowest BCUT2D eigenvalue weighted by atomic mass is 9.81. The summed E-state index contributed by atoms with van der Waals surface area (Å²) in [6.45, 7) is 6.67. The molecule has 5 rings (SSSR count). The summed E-state index contributed by atoms with van der Waals surface area (Å²) in [4.78, 5) is 24.2. The Bertz CT molecular complexity index is 828. The molecule has 0 aromatic carbocycles. The first-order valence-electron chi connectivity index (χ1n) is 11.1. The Kier molecular flexibility index (Phi) is 5.76. The maximum Gasteiger partial charge on any atom is 0.254 e. The van der Waals surface area contributed by atoms with Gasteiger partial charge >= 0.3 is 0 Å². The van der Waals surface area contributed by atoms with Crippen LogP contribution in [0.4, 0.5) is 5.82 Å². The van der Waals surface area contributed by atoms with E-state index in [1.807, 2.05) is 34.0 Å². The summed E-state index contributed by atoms with van der Waals surface area (Å²) in [5.41, 5.74) is 0.774. The zero-order chi connectivity index (χ0) is 20.4. The van der Waals surface area contributed by atoms with Crippen LogP contribution < -0.4 is 4.90 Å². The molecular weight excluding hydrogens is 396 g/mol. The highest BCUT2D eigenvalue weighted by atomic mass is 32.1. The van der Waals surface area contributed by atoms with Crippen LogP contribution in [0, 0.1) is 0 Å². The Morgan fingerprint density at radius 1 is 1.10 bits per heavy atom. The summed E-state index contributed by atoms with van der Waals surface area (Å²) in [6, 6.07) is 8.65. The molecule has 2 aromatic heterocycles. The molecule has 0 saturated carbocycles. The van der Waals surface area contributed by atoms with E-state index >= 15 is 0 Å². The van der Waals surface area contributed by atoms with Gasteiger partial charge in [0, 0.05) is 63.5 Å². The fourth-order valence-electron chi connectivity index (χ4n) is 5.21. The average molecular weight is 427 g/mol. The third-order valence-corrected chi connectivity index (χ3v) is 7.68. The largest absolute Gasteiger partial charge is 0.375 e. The van der Waals surface area contributed by atoms with Crippen LogP contribution in [0.1, 0.15) is 36.0 Å². The van der Waals surface area contributed by atoms with Crippen LogP contribution in [0.25, 0.3) is 0 Å². The average Bonchev–Trinajstić information content (AvgIpc) is 3.35. The first kappa shape index (κ1) is 20.0. The fraction of sp³-hybridized carbons (Fsp3) is 0.565. The second-order valence-electron chi connectivity index (χ2n) is 8.69. The van der Waals surface area contributed by atoms with Crippen molar-refractivity contribution in [3.63, 3.8) is 0 Å². The van der Waals surface area contributed by atoms with Crippen LogP contribution in [0.15, 0.2) is 41.2 Å². The third kappa shape index (κ3) is 4.11. The van der Waals surface area contributed by atoms with Crippen molar-refractivity contribution >= 4 is 23.1 Å². The normalized spacial score (nSPS) is 24.9. The number of rotatable bonds is 3. The second kappa shape index (κ2) is 8.65. The SMILES string of the molecule is O=C(c1ccsc1)N1CCC2(CC1)CC(N1CCN(c3ccccn3)CC1)CCO2. The molecule has 1 unspecified atom stereocenters. The Hall–Kier alpha value is -1.96. The molecule has 30 heavy (non-hydrogen) atoms. The van der Waals surface area contributed by atoms with E-state index in [9.17, 15) is 4.79 Å². The number of hydrogen-bond acceptors (Lipinski definition) is 6. The number of likely N-dealkylation sites (tertiary alicyclic amines) is 1. The van der Waals surface area contributed by atoms with E-state index in [2.05, 4.69) is 26.9 Å². The minimum absolute atomic E-state index is 0.0491. The predicted octanol–water partition coefficient (Wildman–Crippen LogP) is 3.12. The van der Waals surface area contributed by atoms with E-state index in [0.717, 1.165) is 82.9 Å². The second-order valence-corrected chi connectivity index (χ2v) is 9.47. The minimum Gasteiger partial charge on any atom is -0.375 e. The van der Waals surface area contributed by atoms with E-state index in [0.29, 0.717) is 6.04 Å². The first-order chi connectivity index (χ1) is 14.7. The van der Waals surface area contributed by atoms with Gasteiger partial charge in [-0.05, 0) is 49.3 Å². The van der Waals surface area contributed by atoms with Crippen LogP contribution in [-0.2, 0) is 4.74 Å². The highest BCUT2D eigenvalue weighted by Gasteiger charge is 2.43. The van der Waals surface area contributed by atoms with Crippen molar-refractivity contribution in [3.8, 4) is 0 Å². The first-order valence-corrected chi connectivity index (χ1v) is 12.0. The Morgan fingerprint density at radius 2 is 1.93 bits per heavy atom. The van der Waals surface area contributed by atoms with Crippen molar-refractivity contribution in [3.05, 3.63) is 46.8 Å². The number of thiophene rings is 1. The van der Waals surface area contributed by atoms with Crippen molar-refractivity contribution < 1.29 is 9.53 Å². The molecule has 0 aliphatic carbocycles. The van der Waals surface area contributed by atoms with Crippen molar-refractivity contribution in [1.29, 1.82) is 0 Å². The number of ether oxygens (including phenoxy) is 1. The summed E-state index contributed by atoms with van der Waals surface area (Å²) in [7, 11) is 0. The van der Waals surface area contributed by atoms with Gasteiger partial charge < -0.3 is 14.5 Å². The lowest BCUT2D eigenvalue weighted by Crippen LogP contribution is -2.57. The number of carbonyl (C=O) groups excluding carboxylic acids is 1. The van der Waals surface area contributed by atoms with Gasteiger partial charge in [0.25, 0.3) is 5.91 Å². The molecule has 0 N–H and O–H groups in total. The van der Waals surface area contributed by atoms with Crippen molar-refractivity contribution in [1.82, 2.24) is 14.8 Å². The molecule has 3 aliphatic heterocycles. The summed E-state index contributed by atoms with van der Waals surface area (Å²) in [5, 5.41) is 3.92. The lowest BCUT2D eigenvalue weighted by Gasteiger charge is -2.49. The molecule has 3 fully saturated rings. The number of pyridine rings is 1. The van der Waals surface area contributed by atoms with Gasteiger partial charge in [-0.2, -0.15) is 11.3 Å². The fourth-order valence-corrected chi connectivity index (χ4v) is 5.83. The molecular formula is C23H30N4O2S. The summed E-state index contributed by atoms with van der Waals surface area (Å²) in [6.07, 6.45) is 5.99. The summed E-state index contributed by atoms with van der Waals surface area (Å²) in [5.74, 6) is 1.26. The molecule has 160 valence electrons. The maximum atomic E-state index is 12.7. The van der Waals surface area contributed by atoms with Gasteiger partial charge in [-0.3, -0.25) is 9.69 Å². The number of anilines is 1. The van der Waals surface area contributed by atoms with Gasteiger partial charge in [0.2, 0.25) is 0 Å². The molecule has 1 spiro atoms. The van der Waals surface area contributed by atoms with Gasteiger partial charge in [0.1, 0.15) is 5.82 Å². The Labute approximate surface area is 182 Å². The lowest BCUT2D eigenvalue weighted by molar-refractivity contribution is -0.130. The van der Waals surface area contributed by atoms with Crippen LogP contribution in [0.3, 0.4) is 0 Å². The van der Waals surface area contributed by atoms with E-state index < -0.39 is 0 Å². The molecule has 1 amide bonds.